The Labute approximate surface area is 170 Å². The largest absolute Gasteiger partial charge is 0.485 e. The zero-order valence-corrected chi connectivity index (χ0v) is 16.4. The minimum atomic E-state index is -0.719. The Morgan fingerprint density at radius 2 is 1.93 bits per heavy atom. The minimum Gasteiger partial charge on any atom is -0.485 e. The van der Waals surface area contributed by atoms with E-state index < -0.39 is 6.10 Å². The summed E-state index contributed by atoms with van der Waals surface area (Å²) in [6.07, 6.45) is 3.42. The molecule has 0 radical (unpaired) electrons. The number of nitrogens with zero attached hydrogens (tertiary/aromatic N) is 2. The van der Waals surface area contributed by atoms with Crippen LogP contribution in [0.1, 0.15) is 5.56 Å². The number of anilines is 1. The number of hydrogen-bond donors (Lipinski definition) is 1. The fourth-order valence-corrected chi connectivity index (χ4v) is 4.11. The van der Waals surface area contributed by atoms with E-state index in [9.17, 15) is 4.79 Å². The summed E-state index contributed by atoms with van der Waals surface area (Å²) in [4.78, 5) is 12.4. The number of ether oxygens (including phenoxy) is 2. The molecule has 2 aromatic carbocycles. The van der Waals surface area contributed by atoms with Gasteiger partial charge in [-0.05, 0) is 17.7 Å². The molecule has 1 unspecified atom stereocenters. The van der Waals surface area contributed by atoms with Gasteiger partial charge in [0.15, 0.2) is 15.8 Å². The average Bonchev–Trinajstić information content (AvgIpc) is 3.19. The Bertz CT molecular complexity index is 976. The predicted octanol–water partition coefficient (Wildman–Crippen LogP) is 4.12. The highest BCUT2D eigenvalue weighted by Crippen LogP contribution is 2.31. The molecule has 1 aliphatic rings. The van der Waals surface area contributed by atoms with Crippen molar-refractivity contribution in [2.24, 2.45) is 0 Å². The van der Waals surface area contributed by atoms with Crippen LogP contribution < -0.4 is 14.8 Å². The van der Waals surface area contributed by atoms with Crippen LogP contribution in [0.5, 0.6) is 11.5 Å². The molecular weight excluding hydrogens is 394 g/mol. The van der Waals surface area contributed by atoms with Gasteiger partial charge in [0.05, 0.1) is 0 Å². The summed E-state index contributed by atoms with van der Waals surface area (Å²) >= 11 is 2.90. The van der Waals surface area contributed by atoms with Crippen LogP contribution >= 0.6 is 23.1 Å². The third-order valence-electron chi connectivity index (χ3n) is 3.85. The van der Waals surface area contributed by atoms with Gasteiger partial charge in [-0.2, -0.15) is 0 Å². The van der Waals surface area contributed by atoms with Crippen molar-refractivity contribution in [3.63, 3.8) is 0 Å². The lowest BCUT2D eigenvalue weighted by Gasteiger charge is -2.25. The first-order chi connectivity index (χ1) is 13.8. The third-order valence-corrected chi connectivity index (χ3v) is 5.78. The highest BCUT2D eigenvalue weighted by atomic mass is 32.2. The first-order valence-electron chi connectivity index (χ1n) is 8.65. The lowest BCUT2D eigenvalue weighted by Crippen LogP contribution is -2.40. The summed E-state index contributed by atoms with van der Waals surface area (Å²) in [6.45, 7) is 0.160. The van der Waals surface area contributed by atoms with E-state index in [-0.39, 0.29) is 12.5 Å². The fourth-order valence-electron chi connectivity index (χ4n) is 2.52. The van der Waals surface area contributed by atoms with Crippen molar-refractivity contribution in [2.45, 2.75) is 10.4 Å². The van der Waals surface area contributed by atoms with Gasteiger partial charge < -0.3 is 9.47 Å². The summed E-state index contributed by atoms with van der Waals surface area (Å²) in [5, 5.41) is 11.3. The molecular formula is C20H17N3O3S2. The standard InChI is InChI=1S/C20H17N3O3S2/c24-18(17-13-25-15-10-4-5-11-16(15)26-17)21-19-22-23-20(28-19)27-12-6-9-14-7-2-1-3-8-14/h1-11,17H,12-13H2,(H,21,22,24). The molecule has 0 fully saturated rings. The van der Waals surface area contributed by atoms with Gasteiger partial charge in [0, 0.05) is 5.75 Å². The van der Waals surface area contributed by atoms with E-state index in [1.165, 1.54) is 11.3 Å². The Kier molecular flexibility index (Phi) is 5.89. The fraction of sp³-hybridized carbons (Fsp3) is 0.150. The molecule has 1 aliphatic heterocycles. The van der Waals surface area contributed by atoms with E-state index in [1.54, 1.807) is 17.8 Å². The molecule has 6 nitrogen and oxygen atoms in total. The van der Waals surface area contributed by atoms with Crippen molar-refractivity contribution in [2.75, 3.05) is 17.7 Å². The lowest BCUT2D eigenvalue weighted by molar-refractivity contribution is -0.125. The van der Waals surface area contributed by atoms with Crippen LogP contribution in [0.3, 0.4) is 0 Å². The second-order valence-corrected chi connectivity index (χ2v) is 8.10. The minimum absolute atomic E-state index is 0.160. The predicted molar refractivity (Wildman–Crippen MR) is 111 cm³/mol. The molecule has 28 heavy (non-hydrogen) atoms. The number of aromatic nitrogens is 2. The second kappa shape index (κ2) is 8.90. The molecule has 142 valence electrons. The smallest absolute Gasteiger partial charge is 0.270 e. The summed E-state index contributed by atoms with van der Waals surface area (Å²) in [5.74, 6) is 1.68. The third kappa shape index (κ3) is 4.71. The molecule has 0 bridgehead atoms. The number of benzene rings is 2. The number of para-hydroxylation sites is 2. The van der Waals surface area contributed by atoms with Gasteiger partial charge in [-0.25, -0.2) is 0 Å². The topological polar surface area (TPSA) is 73.3 Å². The molecule has 1 N–H and O–H groups in total. The molecule has 1 amide bonds. The molecule has 0 saturated carbocycles. The number of fused-ring (bicyclic) bond motifs is 1. The van der Waals surface area contributed by atoms with Crippen LogP contribution in [0.2, 0.25) is 0 Å². The average molecular weight is 412 g/mol. The van der Waals surface area contributed by atoms with E-state index in [0.717, 1.165) is 15.7 Å². The summed E-state index contributed by atoms with van der Waals surface area (Å²) in [5.41, 5.74) is 1.16. The van der Waals surface area contributed by atoms with Crippen LogP contribution in [0.15, 0.2) is 65.0 Å². The van der Waals surface area contributed by atoms with Gasteiger partial charge in [0.25, 0.3) is 5.91 Å². The zero-order valence-electron chi connectivity index (χ0n) is 14.8. The van der Waals surface area contributed by atoms with Crippen molar-refractivity contribution in [3.05, 3.63) is 66.2 Å². The van der Waals surface area contributed by atoms with E-state index in [4.69, 9.17) is 9.47 Å². The second-order valence-electron chi connectivity index (χ2n) is 5.85. The molecule has 2 heterocycles. The molecule has 4 rings (SSSR count). The van der Waals surface area contributed by atoms with Crippen molar-refractivity contribution in [1.82, 2.24) is 10.2 Å². The van der Waals surface area contributed by atoms with Gasteiger partial charge >= 0.3 is 0 Å². The summed E-state index contributed by atoms with van der Waals surface area (Å²) in [6, 6.07) is 17.4. The molecule has 3 aromatic rings. The van der Waals surface area contributed by atoms with E-state index >= 15 is 0 Å². The number of carbonyl (C=O) groups excluding carboxylic acids is 1. The van der Waals surface area contributed by atoms with Gasteiger partial charge in [-0.1, -0.05) is 77.7 Å². The van der Waals surface area contributed by atoms with Crippen molar-refractivity contribution < 1.29 is 14.3 Å². The zero-order chi connectivity index (χ0) is 19.2. The maximum absolute atomic E-state index is 12.4. The summed E-state index contributed by atoms with van der Waals surface area (Å²) in [7, 11) is 0. The molecule has 1 aromatic heterocycles. The van der Waals surface area contributed by atoms with Crippen LogP contribution in [0.25, 0.3) is 6.08 Å². The molecule has 1 atom stereocenters. The van der Waals surface area contributed by atoms with Crippen molar-refractivity contribution in [1.29, 1.82) is 0 Å². The number of thioether (sulfide) groups is 1. The van der Waals surface area contributed by atoms with Crippen LogP contribution in [-0.2, 0) is 4.79 Å². The first-order valence-corrected chi connectivity index (χ1v) is 10.5. The number of amides is 1. The highest BCUT2D eigenvalue weighted by Gasteiger charge is 2.28. The number of rotatable bonds is 6. The Balaban J connectivity index is 1.28. The molecule has 0 saturated heterocycles. The van der Waals surface area contributed by atoms with E-state index in [2.05, 4.69) is 39.8 Å². The van der Waals surface area contributed by atoms with E-state index in [0.29, 0.717) is 16.6 Å². The molecule has 8 heteroatoms. The van der Waals surface area contributed by atoms with E-state index in [1.807, 2.05) is 36.4 Å². The Morgan fingerprint density at radius 1 is 1.14 bits per heavy atom. The quantitative estimate of drug-likeness (QED) is 0.486. The van der Waals surface area contributed by atoms with Gasteiger partial charge in [0.2, 0.25) is 11.2 Å². The Hall–Kier alpha value is -2.84. The van der Waals surface area contributed by atoms with Crippen molar-refractivity contribution >= 4 is 40.2 Å². The lowest BCUT2D eigenvalue weighted by atomic mass is 10.2. The van der Waals surface area contributed by atoms with Crippen molar-refractivity contribution in [3.8, 4) is 11.5 Å². The Morgan fingerprint density at radius 3 is 2.79 bits per heavy atom. The SMILES string of the molecule is O=C(Nc1nnc(SCC=Cc2ccccc2)s1)C1COc2ccccc2O1. The number of nitrogens with one attached hydrogen (secondary N) is 1. The van der Waals surface area contributed by atoms with Gasteiger partial charge in [0.1, 0.15) is 6.61 Å². The maximum atomic E-state index is 12.4. The van der Waals surface area contributed by atoms with Crippen LogP contribution in [0, 0.1) is 0 Å². The summed E-state index contributed by atoms with van der Waals surface area (Å²) < 4.78 is 12.1. The normalized spacial score (nSPS) is 15.5. The molecule has 0 aliphatic carbocycles. The maximum Gasteiger partial charge on any atom is 0.270 e. The number of hydrogen-bond acceptors (Lipinski definition) is 7. The van der Waals surface area contributed by atoms with Gasteiger partial charge in [-0.15, -0.1) is 10.2 Å². The molecule has 0 spiro atoms. The highest BCUT2D eigenvalue weighted by molar-refractivity contribution is 8.01. The van der Waals surface area contributed by atoms with Gasteiger partial charge in [-0.3, -0.25) is 10.1 Å². The first kappa shape index (κ1) is 18.5. The van der Waals surface area contributed by atoms with Crippen LogP contribution in [0.4, 0.5) is 5.13 Å². The van der Waals surface area contributed by atoms with Crippen LogP contribution in [-0.4, -0.2) is 34.6 Å². The number of carbonyl (C=O) groups is 1. The monoisotopic (exact) mass is 411 g/mol.